The average Bonchev–Trinajstić information content (AvgIpc) is 2.84. The molecule has 0 spiro atoms. The third kappa shape index (κ3) is 6.31. The van der Waals surface area contributed by atoms with E-state index in [-0.39, 0.29) is 17.3 Å². The number of methoxy groups -OCH3 is 1. The molecule has 0 aliphatic rings. The van der Waals surface area contributed by atoms with Crippen LogP contribution in [0.25, 0.3) is 0 Å². The smallest absolute Gasteiger partial charge is 0.243 e. The van der Waals surface area contributed by atoms with E-state index in [1.165, 1.54) is 23.5 Å². The molecule has 0 saturated carbocycles. The highest BCUT2D eigenvalue weighted by Gasteiger charge is 2.23. The van der Waals surface area contributed by atoms with Crippen molar-refractivity contribution in [1.82, 2.24) is 4.31 Å². The van der Waals surface area contributed by atoms with E-state index in [2.05, 4.69) is 10.6 Å². The van der Waals surface area contributed by atoms with Crippen molar-refractivity contribution in [2.45, 2.75) is 28.5 Å². The third-order valence-electron chi connectivity index (χ3n) is 5.09. The van der Waals surface area contributed by atoms with Crippen molar-refractivity contribution in [2.75, 3.05) is 37.4 Å². The topological polar surface area (TPSA) is 87.7 Å². The van der Waals surface area contributed by atoms with Gasteiger partial charge in [-0.15, -0.1) is 0 Å². The molecule has 2 N–H and O–H groups in total. The molecule has 0 fully saturated rings. The molecule has 1 amide bonds. The Labute approximate surface area is 205 Å². The molecule has 0 bridgehead atoms. The molecule has 7 nitrogen and oxygen atoms in total. The van der Waals surface area contributed by atoms with E-state index in [0.29, 0.717) is 24.5 Å². The first-order chi connectivity index (χ1) is 16.4. The number of para-hydroxylation sites is 1. The third-order valence-corrected chi connectivity index (χ3v) is 8.22. The maximum Gasteiger partial charge on any atom is 0.243 e. The Hall–Kier alpha value is -3.01. The second-order valence-electron chi connectivity index (χ2n) is 7.26. The van der Waals surface area contributed by atoms with Gasteiger partial charge in [-0.25, -0.2) is 8.42 Å². The Morgan fingerprint density at radius 2 is 1.62 bits per heavy atom. The molecule has 3 aromatic carbocycles. The quantitative estimate of drug-likeness (QED) is 0.389. The van der Waals surface area contributed by atoms with Gasteiger partial charge in [-0.1, -0.05) is 55.9 Å². The van der Waals surface area contributed by atoms with E-state index >= 15 is 0 Å². The van der Waals surface area contributed by atoms with Crippen molar-refractivity contribution >= 4 is 39.1 Å². The number of carbonyl (C=O) groups excluding carboxylic acids is 1. The molecule has 180 valence electrons. The number of ether oxygens (including phenoxy) is 1. The number of hydrogen-bond acceptors (Lipinski definition) is 6. The van der Waals surface area contributed by atoms with Crippen LogP contribution < -0.4 is 15.4 Å². The molecular weight excluding hydrogens is 470 g/mol. The van der Waals surface area contributed by atoms with Crippen LogP contribution in [0.1, 0.15) is 13.8 Å². The Morgan fingerprint density at radius 1 is 0.941 bits per heavy atom. The molecule has 0 saturated heterocycles. The lowest BCUT2D eigenvalue weighted by Crippen LogP contribution is -2.30. The summed E-state index contributed by atoms with van der Waals surface area (Å²) < 4.78 is 32.5. The van der Waals surface area contributed by atoms with E-state index in [4.69, 9.17) is 4.74 Å². The van der Waals surface area contributed by atoms with Crippen molar-refractivity contribution < 1.29 is 17.9 Å². The van der Waals surface area contributed by atoms with Gasteiger partial charge in [0.15, 0.2) is 0 Å². The zero-order valence-electron chi connectivity index (χ0n) is 19.4. The van der Waals surface area contributed by atoms with Crippen molar-refractivity contribution in [3.63, 3.8) is 0 Å². The second kappa shape index (κ2) is 11.9. The Bertz CT molecular complexity index is 1210. The van der Waals surface area contributed by atoms with Crippen LogP contribution in [-0.2, 0) is 14.8 Å². The van der Waals surface area contributed by atoms with Gasteiger partial charge in [-0.2, -0.15) is 4.31 Å². The summed E-state index contributed by atoms with van der Waals surface area (Å²) in [7, 11) is -2.20. The van der Waals surface area contributed by atoms with Crippen LogP contribution in [0.3, 0.4) is 0 Å². The van der Waals surface area contributed by atoms with Gasteiger partial charge in [0.1, 0.15) is 5.75 Å². The van der Waals surface area contributed by atoms with Crippen molar-refractivity contribution in [3.05, 3.63) is 72.8 Å². The van der Waals surface area contributed by atoms with Crippen molar-refractivity contribution in [2.24, 2.45) is 0 Å². The van der Waals surface area contributed by atoms with Gasteiger partial charge >= 0.3 is 0 Å². The normalized spacial score (nSPS) is 11.3. The lowest BCUT2D eigenvalue weighted by Gasteiger charge is -2.20. The second-order valence-corrected chi connectivity index (χ2v) is 10.3. The van der Waals surface area contributed by atoms with Crippen molar-refractivity contribution in [1.29, 1.82) is 0 Å². The minimum atomic E-state index is -3.67. The van der Waals surface area contributed by atoms with E-state index in [1.54, 1.807) is 31.7 Å². The molecule has 0 aromatic heterocycles. The highest BCUT2D eigenvalue weighted by molar-refractivity contribution is 7.99. The summed E-state index contributed by atoms with van der Waals surface area (Å²) in [6.45, 7) is 4.29. The first-order valence-electron chi connectivity index (χ1n) is 10.9. The maximum atomic E-state index is 12.9. The monoisotopic (exact) mass is 499 g/mol. The molecule has 34 heavy (non-hydrogen) atoms. The van der Waals surface area contributed by atoms with Gasteiger partial charge in [-0.3, -0.25) is 4.79 Å². The van der Waals surface area contributed by atoms with Crippen LogP contribution in [0.4, 0.5) is 11.4 Å². The van der Waals surface area contributed by atoms with Crippen LogP contribution in [0, 0.1) is 0 Å². The zero-order chi connectivity index (χ0) is 24.6. The zero-order valence-corrected chi connectivity index (χ0v) is 21.1. The highest BCUT2D eigenvalue weighted by Crippen LogP contribution is 2.33. The number of sulfonamides is 1. The van der Waals surface area contributed by atoms with Crippen LogP contribution in [-0.4, -0.2) is 45.4 Å². The van der Waals surface area contributed by atoms with Crippen LogP contribution in [0.15, 0.2) is 87.5 Å². The molecule has 0 heterocycles. The Kier molecular flexibility index (Phi) is 8.98. The number of amides is 1. The lowest BCUT2D eigenvalue weighted by molar-refractivity contribution is -0.114. The molecule has 9 heteroatoms. The number of nitrogens with one attached hydrogen (secondary N) is 2. The molecule has 0 unspecified atom stereocenters. The number of benzene rings is 3. The summed E-state index contributed by atoms with van der Waals surface area (Å²) in [5.41, 5.74) is 1.13. The minimum absolute atomic E-state index is 0.00252. The predicted molar refractivity (Wildman–Crippen MR) is 137 cm³/mol. The predicted octanol–water partition coefficient (Wildman–Crippen LogP) is 4.93. The summed E-state index contributed by atoms with van der Waals surface area (Å²) in [6, 6.07) is 22.2. The standard InChI is InChI=1S/C25H29N3O4S2/c1-4-28(5-2)34(30,31)20-15-16-23(32-3)22(17-20)27-25(29)18-26-21-13-9-10-14-24(21)33-19-11-7-6-8-12-19/h6-17,26H,4-5,18H2,1-3H3,(H,27,29). The SMILES string of the molecule is CCN(CC)S(=O)(=O)c1ccc(OC)c(NC(=O)CNc2ccccc2Sc2ccccc2)c1. The molecule has 0 atom stereocenters. The molecule has 0 aliphatic carbocycles. The van der Waals surface area contributed by atoms with E-state index < -0.39 is 10.0 Å². The van der Waals surface area contributed by atoms with E-state index in [0.717, 1.165) is 15.5 Å². The number of anilines is 2. The van der Waals surface area contributed by atoms with E-state index in [1.807, 2.05) is 54.6 Å². The number of nitrogens with zero attached hydrogens (tertiary/aromatic N) is 1. The summed E-state index contributed by atoms with van der Waals surface area (Å²) >= 11 is 1.60. The van der Waals surface area contributed by atoms with Crippen LogP contribution in [0.5, 0.6) is 5.75 Å². The van der Waals surface area contributed by atoms with Gasteiger partial charge in [0.2, 0.25) is 15.9 Å². The van der Waals surface area contributed by atoms with E-state index in [9.17, 15) is 13.2 Å². The Balaban J connectivity index is 1.73. The molecule has 0 radical (unpaired) electrons. The van der Waals surface area contributed by atoms with Crippen molar-refractivity contribution in [3.8, 4) is 5.75 Å². The largest absolute Gasteiger partial charge is 0.495 e. The van der Waals surface area contributed by atoms with Gasteiger partial charge in [0, 0.05) is 28.6 Å². The summed E-state index contributed by atoms with van der Waals surface area (Å²) in [5.74, 6) is 0.0575. The first-order valence-corrected chi connectivity index (χ1v) is 13.2. The summed E-state index contributed by atoms with van der Waals surface area (Å²) in [5, 5.41) is 5.94. The molecule has 3 rings (SSSR count). The summed E-state index contributed by atoms with van der Waals surface area (Å²) in [6.07, 6.45) is 0. The maximum absolute atomic E-state index is 12.9. The van der Waals surface area contributed by atoms with Gasteiger partial charge < -0.3 is 15.4 Å². The fourth-order valence-electron chi connectivity index (χ4n) is 3.34. The fraction of sp³-hybridized carbons (Fsp3) is 0.240. The number of carbonyl (C=O) groups is 1. The lowest BCUT2D eigenvalue weighted by atomic mass is 10.3. The van der Waals surface area contributed by atoms with Crippen LogP contribution >= 0.6 is 11.8 Å². The highest BCUT2D eigenvalue weighted by atomic mass is 32.2. The average molecular weight is 500 g/mol. The van der Waals surface area contributed by atoms with Gasteiger partial charge in [0.05, 0.1) is 24.2 Å². The van der Waals surface area contributed by atoms with Gasteiger partial charge in [0.25, 0.3) is 0 Å². The molecule has 0 aliphatic heterocycles. The first kappa shape index (κ1) is 25.6. The van der Waals surface area contributed by atoms with Gasteiger partial charge in [-0.05, 0) is 42.5 Å². The molecular formula is C25H29N3O4S2. The molecule has 3 aromatic rings. The van der Waals surface area contributed by atoms with Crippen LogP contribution in [0.2, 0.25) is 0 Å². The number of rotatable bonds is 11. The number of hydrogen-bond donors (Lipinski definition) is 2. The fourth-order valence-corrected chi connectivity index (χ4v) is 5.77. The summed E-state index contributed by atoms with van der Waals surface area (Å²) in [4.78, 5) is 14.9. The minimum Gasteiger partial charge on any atom is -0.495 e. The Morgan fingerprint density at radius 3 is 2.29 bits per heavy atom.